The van der Waals surface area contributed by atoms with Gasteiger partial charge in [-0.05, 0) is 41.8 Å². The second-order valence-corrected chi connectivity index (χ2v) is 12.2. The summed E-state index contributed by atoms with van der Waals surface area (Å²) in [7, 11) is -5.44. The number of fused-ring (bicyclic) bond motifs is 1. The Hall–Kier alpha value is -4.60. The molecule has 0 atom stereocenters. The number of ether oxygens (including phenoxy) is 2. The standard InChI is InChI=1S/C26H25N5O8S2/c1-4-40(33,34)17-10-8-16(9-11-17)28-29-19-13-22(39-3)20(14-21(19)38-2)30-31-25-23(41(35,36)37)12-15-6-5-7-18(27)24(15)26(25)32/h5-14,32H,4,27H2,1-3H3,(H,35,36,37). The summed E-state index contributed by atoms with van der Waals surface area (Å²) >= 11 is 0. The third kappa shape index (κ3) is 6.11. The molecule has 0 heterocycles. The van der Waals surface area contributed by atoms with E-state index in [0.717, 1.165) is 6.07 Å². The van der Waals surface area contributed by atoms with Gasteiger partial charge < -0.3 is 20.3 Å². The fourth-order valence-electron chi connectivity index (χ4n) is 3.84. The lowest BCUT2D eigenvalue weighted by Gasteiger charge is -2.11. The van der Waals surface area contributed by atoms with Crippen molar-refractivity contribution in [3.05, 3.63) is 60.7 Å². The van der Waals surface area contributed by atoms with Crippen molar-refractivity contribution in [2.75, 3.05) is 25.7 Å². The van der Waals surface area contributed by atoms with Gasteiger partial charge in [0.15, 0.2) is 15.6 Å². The maximum Gasteiger partial charge on any atom is 0.296 e. The van der Waals surface area contributed by atoms with Gasteiger partial charge in [-0.1, -0.05) is 19.1 Å². The summed E-state index contributed by atoms with van der Waals surface area (Å²) in [5.74, 6) is -0.289. The second kappa shape index (κ2) is 11.5. The summed E-state index contributed by atoms with van der Waals surface area (Å²) in [6.07, 6.45) is 0. The highest BCUT2D eigenvalue weighted by molar-refractivity contribution is 7.91. The highest BCUT2D eigenvalue weighted by Gasteiger charge is 2.23. The lowest BCUT2D eigenvalue weighted by atomic mass is 10.1. The maximum atomic E-state index is 12.1. The van der Waals surface area contributed by atoms with Crippen molar-refractivity contribution >= 4 is 59.2 Å². The van der Waals surface area contributed by atoms with Crippen molar-refractivity contribution in [2.45, 2.75) is 16.7 Å². The fraction of sp³-hybridized carbons (Fsp3) is 0.154. The predicted octanol–water partition coefficient (Wildman–Crippen LogP) is 6.02. The minimum absolute atomic E-state index is 0.0276. The molecule has 0 saturated heterocycles. The number of phenolic OH excluding ortho intramolecular Hbond substituents is 1. The number of hydrogen-bond donors (Lipinski definition) is 3. The van der Waals surface area contributed by atoms with Crippen molar-refractivity contribution in [3.8, 4) is 17.2 Å². The van der Waals surface area contributed by atoms with E-state index >= 15 is 0 Å². The molecule has 0 bridgehead atoms. The zero-order valence-corrected chi connectivity index (χ0v) is 23.6. The predicted molar refractivity (Wildman–Crippen MR) is 152 cm³/mol. The zero-order valence-electron chi connectivity index (χ0n) is 22.0. The lowest BCUT2D eigenvalue weighted by Crippen LogP contribution is -2.02. The van der Waals surface area contributed by atoms with Crippen LogP contribution in [0.2, 0.25) is 0 Å². The van der Waals surface area contributed by atoms with Gasteiger partial charge in [-0.2, -0.15) is 13.5 Å². The van der Waals surface area contributed by atoms with E-state index in [2.05, 4.69) is 20.5 Å². The van der Waals surface area contributed by atoms with Gasteiger partial charge >= 0.3 is 0 Å². The quantitative estimate of drug-likeness (QED) is 0.117. The van der Waals surface area contributed by atoms with Gasteiger partial charge in [0.25, 0.3) is 10.1 Å². The van der Waals surface area contributed by atoms with E-state index in [4.69, 9.17) is 15.2 Å². The number of rotatable bonds is 9. The Kier molecular flexibility index (Phi) is 8.23. The van der Waals surface area contributed by atoms with Gasteiger partial charge in [0.2, 0.25) is 0 Å². The Morgan fingerprint density at radius 3 is 1.95 bits per heavy atom. The van der Waals surface area contributed by atoms with Crippen LogP contribution in [-0.4, -0.2) is 46.5 Å². The molecule has 0 amide bonds. The molecular formula is C26H25N5O8S2. The van der Waals surface area contributed by atoms with Crippen LogP contribution in [0.5, 0.6) is 17.2 Å². The molecule has 0 spiro atoms. The Bertz CT molecular complexity index is 1910. The summed E-state index contributed by atoms with van der Waals surface area (Å²) < 4.78 is 68.8. The largest absolute Gasteiger partial charge is 0.505 e. The number of hydrogen-bond acceptors (Lipinski definition) is 12. The van der Waals surface area contributed by atoms with E-state index in [1.807, 2.05) is 0 Å². The van der Waals surface area contributed by atoms with Crippen molar-refractivity contribution in [1.29, 1.82) is 0 Å². The molecule has 15 heteroatoms. The topological polar surface area (TPSA) is 203 Å². The highest BCUT2D eigenvalue weighted by atomic mass is 32.2. The van der Waals surface area contributed by atoms with Crippen LogP contribution in [0.4, 0.5) is 28.4 Å². The minimum atomic E-state index is -4.82. The summed E-state index contributed by atoms with van der Waals surface area (Å²) in [6.45, 7) is 1.56. The van der Waals surface area contributed by atoms with Crippen LogP contribution in [0.15, 0.2) is 90.9 Å². The molecule has 4 N–H and O–H groups in total. The number of azo groups is 2. The Balaban J connectivity index is 1.75. The van der Waals surface area contributed by atoms with E-state index in [1.54, 1.807) is 13.0 Å². The number of nitrogen functional groups attached to an aromatic ring is 1. The number of sulfone groups is 1. The monoisotopic (exact) mass is 599 g/mol. The average Bonchev–Trinajstić information content (AvgIpc) is 2.95. The molecule has 4 rings (SSSR count). The van der Waals surface area contributed by atoms with Crippen LogP contribution in [0, 0.1) is 0 Å². The number of aromatic hydroxyl groups is 1. The summed E-state index contributed by atoms with van der Waals surface area (Å²) in [5.41, 5.74) is 6.28. The van der Waals surface area contributed by atoms with Gasteiger partial charge in [-0.3, -0.25) is 4.55 Å². The van der Waals surface area contributed by atoms with Crippen LogP contribution >= 0.6 is 0 Å². The van der Waals surface area contributed by atoms with Crippen LogP contribution in [0.25, 0.3) is 10.8 Å². The van der Waals surface area contributed by atoms with Crippen LogP contribution in [-0.2, 0) is 20.0 Å². The molecule has 214 valence electrons. The number of anilines is 1. The summed E-state index contributed by atoms with van der Waals surface area (Å²) in [4.78, 5) is -0.504. The first kappa shape index (κ1) is 29.4. The number of methoxy groups -OCH3 is 2. The van der Waals surface area contributed by atoms with Gasteiger partial charge in [-0.15, -0.1) is 15.3 Å². The van der Waals surface area contributed by atoms with Gasteiger partial charge in [0, 0.05) is 23.2 Å². The second-order valence-electron chi connectivity index (χ2n) is 8.49. The van der Waals surface area contributed by atoms with Gasteiger partial charge in [0.05, 0.1) is 30.6 Å². The SMILES string of the molecule is CCS(=O)(=O)c1ccc(N=Nc2cc(OC)c(N=Nc3c(S(=O)(=O)O)cc4cccc(N)c4c3O)cc2OC)cc1. The van der Waals surface area contributed by atoms with Gasteiger partial charge in [0.1, 0.15) is 33.5 Å². The smallest absolute Gasteiger partial charge is 0.296 e. The maximum absolute atomic E-state index is 12.1. The molecule has 0 fully saturated rings. The number of benzene rings is 4. The van der Waals surface area contributed by atoms with Crippen LogP contribution in [0.3, 0.4) is 0 Å². The number of nitrogens with two attached hydrogens (primary N) is 1. The fourth-order valence-corrected chi connectivity index (χ4v) is 5.39. The lowest BCUT2D eigenvalue weighted by molar-refractivity contribution is 0.405. The molecule has 0 radical (unpaired) electrons. The molecule has 4 aromatic rings. The molecule has 0 aliphatic heterocycles. The van der Waals surface area contributed by atoms with Crippen LogP contribution < -0.4 is 15.2 Å². The van der Waals surface area contributed by atoms with E-state index in [-0.39, 0.29) is 50.0 Å². The van der Waals surface area contributed by atoms with E-state index in [0.29, 0.717) is 5.69 Å². The number of nitrogens with zero attached hydrogens (tertiary/aromatic N) is 4. The Morgan fingerprint density at radius 2 is 1.41 bits per heavy atom. The molecule has 41 heavy (non-hydrogen) atoms. The van der Waals surface area contributed by atoms with Crippen LogP contribution in [0.1, 0.15) is 6.92 Å². The average molecular weight is 600 g/mol. The van der Waals surface area contributed by atoms with E-state index < -0.39 is 36.3 Å². The molecule has 4 aromatic carbocycles. The van der Waals surface area contributed by atoms with Gasteiger partial charge in [-0.25, -0.2) is 8.42 Å². The van der Waals surface area contributed by atoms with E-state index in [1.165, 1.54) is 62.8 Å². The molecule has 0 aromatic heterocycles. The first-order chi connectivity index (χ1) is 19.4. The summed E-state index contributed by atoms with van der Waals surface area (Å²) in [6, 6.07) is 14.4. The molecule has 0 aliphatic carbocycles. The zero-order chi connectivity index (χ0) is 29.9. The van der Waals surface area contributed by atoms with Crippen molar-refractivity contribution in [1.82, 2.24) is 0 Å². The molecule has 13 nitrogen and oxygen atoms in total. The first-order valence-corrected chi connectivity index (χ1v) is 14.9. The third-order valence-corrected chi connectivity index (χ3v) is 8.59. The molecule has 0 saturated carbocycles. The Labute approximate surface area is 235 Å². The third-order valence-electron chi connectivity index (χ3n) is 5.98. The molecule has 0 aliphatic rings. The summed E-state index contributed by atoms with van der Waals surface area (Å²) in [5, 5.41) is 27.5. The highest BCUT2D eigenvalue weighted by Crippen LogP contribution is 2.45. The van der Waals surface area contributed by atoms with Crippen molar-refractivity contribution in [3.63, 3.8) is 0 Å². The first-order valence-electron chi connectivity index (χ1n) is 11.8. The minimum Gasteiger partial charge on any atom is -0.505 e. The van der Waals surface area contributed by atoms with Crippen molar-refractivity contribution < 1.29 is 36.0 Å². The Morgan fingerprint density at radius 1 is 0.829 bits per heavy atom. The molecule has 0 unspecified atom stereocenters. The van der Waals surface area contributed by atoms with Crippen molar-refractivity contribution in [2.24, 2.45) is 20.5 Å². The normalized spacial score (nSPS) is 12.4. The van der Waals surface area contributed by atoms with E-state index in [9.17, 15) is 26.5 Å². The number of phenols is 1. The molecular weight excluding hydrogens is 574 g/mol.